The molecule has 4 aromatic rings. The molecule has 9 heteroatoms. The summed E-state index contributed by atoms with van der Waals surface area (Å²) in [6.07, 6.45) is 3.06. The number of nitrogens with zero attached hydrogens (tertiary/aromatic N) is 4. The van der Waals surface area contributed by atoms with Crippen molar-refractivity contribution in [1.82, 2.24) is 14.5 Å². The summed E-state index contributed by atoms with van der Waals surface area (Å²) < 4.78 is 1.78. The first-order valence-electron chi connectivity index (χ1n) is 12.0. The van der Waals surface area contributed by atoms with Gasteiger partial charge in [-0.25, -0.2) is 9.78 Å². The van der Waals surface area contributed by atoms with E-state index in [4.69, 9.17) is 0 Å². The fourth-order valence-corrected chi connectivity index (χ4v) is 4.81. The molecule has 0 spiro atoms. The number of fused-ring (bicyclic) bond motifs is 1. The number of imidazole rings is 1. The standard InChI is InChI=1S/C29H24N4O5/c1-19-14-20(12-13-24(19)33(37)38)16-31-18-30-23-17-32(26(29(35)36)15-25(23)31)28(34)27(21-8-4-2-5-9-21)22-10-6-3-7-11-22/h2-15,18,27H,16-17H2,1H3,(H,35,36). The third-order valence-corrected chi connectivity index (χ3v) is 6.64. The van der Waals surface area contributed by atoms with E-state index in [1.54, 1.807) is 30.0 Å². The Morgan fingerprint density at radius 1 is 1.03 bits per heavy atom. The summed E-state index contributed by atoms with van der Waals surface area (Å²) in [5.74, 6) is -2.27. The topological polar surface area (TPSA) is 119 Å². The van der Waals surface area contributed by atoms with E-state index in [2.05, 4.69) is 4.98 Å². The molecule has 0 aliphatic carbocycles. The number of hydrogen-bond acceptors (Lipinski definition) is 5. The van der Waals surface area contributed by atoms with Crippen LogP contribution in [0.3, 0.4) is 0 Å². The quantitative estimate of drug-likeness (QED) is 0.284. The van der Waals surface area contributed by atoms with Crippen LogP contribution in [-0.2, 0) is 22.7 Å². The lowest BCUT2D eigenvalue weighted by Crippen LogP contribution is -2.39. The first-order chi connectivity index (χ1) is 18.3. The molecule has 0 saturated heterocycles. The smallest absolute Gasteiger partial charge is 0.352 e. The summed E-state index contributed by atoms with van der Waals surface area (Å²) in [6.45, 7) is 2.02. The third-order valence-electron chi connectivity index (χ3n) is 6.64. The molecule has 1 amide bonds. The number of amides is 1. The second-order valence-corrected chi connectivity index (χ2v) is 9.10. The zero-order valence-corrected chi connectivity index (χ0v) is 20.5. The highest BCUT2D eigenvalue weighted by atomic mass is 16.6. The molecule has 1 aromatic heterocycles. The van der Waals surface area contributed by atoms with Crippen molar-refractivity contribution in [3.05, 3.63) is 135 Å². The summed E-state index contributed by atoms with van der Waals surface area (Å²) >= 11 is 0. The third kappa shape index (κ3) is 4.69. The normalized spacial score (nSPS) is 12.7. The highest BCUT2D eigenvalue weighted by Gasteiger charge is 2.35. The molecule has 1 aliphatic heterocycles. The van der Waals surface area contributed by atoms with E-state index in [-0.39, 0.29) is 23.8 Å². The van der Waals surface area contributed by atoms with E-state index in [9.17, 15) is 24.8 Å². The first-order valence-corrected chi connectivity index (χ1v) is 12.0. The number of hydrogen-bond donors (Lipinski definition) is 1. The Labute approximate surface area is 218 Å². The monoisotopic (exact) mass is 508 g/mol. The number of aliphatic carboxylic acids is 1. The van der Waals surface area contributed by atoms with Crippen LogP contribution in [0, 0.1) is 17.0 Å². The van der Waals surface area contributed by atoms with Crippen molar-refractivity contribution in [3.63, 3.8) is 0 Å². The van der Waals surface area contributed by atoms with Gasteiger partial charge in [-0.1, -0.05) is 66.7 Å². The molecular weight excluding hydrogens is 484 g/mol. The van der Waals surface area contributed by atoms with Crippen LogP contribution in [0.15, 0.2) is 90.9 Å². The highest BCUT2D eigenvalue weighted by Crippen LogP contribution is 2.32. The number of benzene rings is 3. The highest BCUT2D eigenvalue weighted by molar-refractivity contribution is 6.00. The Balaban J connectivity index is 1.49. The lowest BCUT2D eigenvalue weighted by Gasteiger charge is -2.30. The van der Waals surface area contributed by atoms with E-state index < -0.39 is 16.8 Å². The lowest BCUT2D eigenvalue weighted by molar-refractivity contribution is -0.385. The van der Waals surface area contributed by atoms with Crippen molar-refractivity contribution in [2.24, 2.45) is 0 Å². The summed E-state index contributed by atoms with van der Waals surface area (Å²) in [5.41, 5.74) is 3.92. The van der Waals surface area contributed by atoms with Gasteiger partial charge < -0.3 is 9.67 Å². The zero-order chi connectivity index (χ0) is 26.8. The Morgan fingerprint density at radius 3 is 2.21 bits per heavy atom. The number of carbonyl (C=O) groups excluding carboxylic acids is 1. The average Bonchev–Trinajstić information content (AvgIpc) is 3.30. The van der Waals surface area contributed by atoms with Gasteiger partial charge in [-0.15, -0.1) is 0 Å². The van der Waals surface area contributed by atoms with Crippen molar-refractivity contribution in [2.45, 2.75) is 25.9 Å². The predicted molar refractivity (Wildman–Crippen MR) is 140 cm³/mol. The van der Waals surface area contributed by atoms with E-state index >= 15 is 0 Å². The summed E-state index contributed by atoms with van der Waals surface area (Å²) in [7, 11) is 0. The lowest BCUT2D eigenvalue weighted by atomic mass is 9.89. The maximum Gasteiger partial charge on any atom is 0.352 e. The maximum atomic E-state index is 14.0. The molecule has 0 saturated carbocycles. The van der Waals surface area contributed by atoms with E-state index in [0.717, 1.165) is 16.7 Å². The van der Waals surface area contributed by atoms with Crippen molar-refractivity contribution in [1.29, 1.82) is 0 Å². The Hall–Kier alpha value is -5.05. The van der Waals surface area contributed by atoms with Gasteiger partial charge in [0.25, 0.3) is 5.69 Å². The summed E-state index contributed by atoms with van der Waals surface area (Å²) in [6, 6.07) is 23.4. The van der Waals surface area contributed by atoms with E-state index in [1.165, 1.54) is 17.0 Å². The molecule has 190 valence electrons. The van der Waals surface area contributed by atoms with Gasteiger partial charge in [0.15, 0.2) is 0 Å². The predicted octanol–water partition coefficient (Wildman–Crippen LogP) is 4.75. The largest absolute Gasteiger partial charge is 0.477 e. The zero-order valence-electron chi connectivity index (χ0n) is 20.5. The molecule has 0 bridgehead atoms. The number of aryl methyl sites for hydroxylation is 1. The minimum absolute atomic E-state index is 0.00869. The molecule has 1 aliphatic rings. The molecule has 9 nitrogen and oxygen atoms in total. The van der Waals surface area contributed by atoms with Crippen LogP contribution in [0.4, 0.5) is 5.69 Å². The van der Waals surface area contributed by atoms with Gasteiger partial charge in [0.2, 0.25) is 5.91 Å². The van der Waals surface area contributed by atoms with E-state index in [1.807, 2.05) is 60.7 Å². The average molecular weight is 509 g/mol. The van der Waals surface area contributed by atoms with Crippen LogP contribution in [0.1, 0.15) is 39.6 Å². The summed E-state index contributed by atoms with van der Waals surface area (Å²) in [4.78, 5) is 42.8. The maximum absolute atomic E-state index is 14.0. The number of carboxylic acid groups (broad SMARTS) is 1. The van der Waals surface area contributed by atoms with Gasteiger partial charge in [0, 0.05) is 18.2 Å². The van der Waals surface area contributed by atoms with Gasteiger partial charge in [0.05, 0.1) is 35.1 Å². The fraction of sp³-hybridized carbons (Fsp3) is 0.138. The SMILES string of the molecule is Cc1cc(Cn2cnc3c2C=C(C(=O)O)N(C(=O)C(c2ccccc2)c2ccccc2)C3)ccc1[N+](=O)[O-]. The molecular formula is C29H24N4O5. The molecule has 2 heterocycles. The molecule has 0 unspecified atom stereocenters. The Kier molecular flexibility index (Phi) is 6.57. The van der Waals surface area contributed by atoms with Gasteiger partial charge in [-0.2, -0.15) is 0 Å². The van der Waals surface area contributed by atoms with Crippen LogP contribution >= 0.6 is 0 Å². The number of carboxylic acids is 1. The minimum Gasteiger partial charge on any atom is -0.477 e. The number of nitro benzene ring substituents is 1. The van der Waals surface area contributed by atoms with Crippen molar-refractivity contribution in [3.8, 4) is 0 Å². The first kappa shape index (κ1) is 24.6. The van der Waals surface area contributed by atoms with Crippen molar-refractivity contribution >= 4 is 23.6 Å². The molecule has 5 rings (SSSR count). The Bertz CT molecular complexity index is 1520. The van der Waals surface area contributed by atoms with Crippen LogP contribution in [0.25, 0.3) is 6.08 Å². The van der Waals surface area contributed by atoms with Gasteiger partial charge in [-0.3, -0.25) is 19.8 Å². The van der Waals surface area contributed by atoms with Crippen LogP contribution < -0.4 is 0 Å². The van der Waals surface area contributed by atoms with Gasteiger partial charge >= 0.3 is 5.97 Å². The molecule has 0 atom stereocenters. The molecule has 0 radical (unpaired) electrons. The van der Waals surface area contributed by atoms with E-state index in [0.29, 0.717) is 23.5 Å². The number of carbonyl (C=O) groups is 2. The second-order valence-electron chi connectivity index (χ2n) is 9.10. The van der Waals surface area contributed by atoms with Crippen LogP contribution in [-0.4, -0.2) is 36.4 Å². The van der Waals surface area contributed by atoms with Crippen LogP contribution in [0.5, 0.6) is 0 Å². The molecule has 0 fully saturated rings. The molecule has 1 N–H and O–H groups in total. The van der Waals surface area contributed by atoms with Crippen molar-refractivity contribution < 1.29 is 19.6 Å². The second kappa shape index (κ2) is 10.1. The van der Waals surface area contributed by atoms with Gasteiger partial charge in [0.1, 0.15) is 5.70 Å². The number of aromatic nitrogens is 2. The van der Waals surface area contributed by atoms with Gasteiger partial charge in [-0.05, 0) is 35.8 Å². The number of nitro groups is 1. The number of rotatable bonds is 7. The fourth-order valence-electron chi connectivity index (χ4n) is 4.81. The molecule has 38 heavy (non-hydrogen) atoms. The minimum atomic E-state index is -1.22. The Morgan fingerprint density at radius 2 is 1.66 bits per heavy atom. The van der Waals surface area contributed by atoms with Crippen LogP contribution in [0.2, 0.25) is 0 Å². The summed E-state index contributed by atoms with van der Waals surface area (Å²) in [5, 5.41) is 21.2. The molecule has 3 aromatic carbocycles. The van der Waals surface area contributed by atoms with Crippen molar-refractivity contribution in [2.75, 3.05) is 0 Å².